The van der Waals surface area contributed by atoms with E-state index in [9.17, 15) is 0 Å². The van der Waals surface area contributed by atoms with Crippen LogP contribution in [0.25, 0.3) is 0 Å². The highest BCUT2D eigenvalue weighted by molar-refractivity contribution is 5.25. The van der Waals surface area contributed by atoms with Crippen molar-refractivity contribution in [3.8, 4) is 0 Å². The lowest BCUT2D eigenvalue weighted by Crippen LogP contribution is -2.13. The molecule has 1 aromatic rings. The van der Waals surface area contributed by atoms with Gasteiger partial charge in [-0.2, -0.15) is 0 Å². The van der Waals surface area contributed by atoms with Crippen molar-refractivity contribution in [3.05, 3.63) is 35.4 Å². The summed E-state index contributed by atoms with van der Waals surface area (Å²) in [6.45, 7) is 4.54. The zero-order valence-electron chi connectivity index (χ0n) is 12.1. The molecule has 0 saturated heterocycles. The Bertz CT molecular complexity index is 328. The van der Waals surface area contributed by atoms with E-state index in [1.165, 1.54) is 50.5 Å². The van der Waals surface area contributed by atoms with Crippen LogP contribution in [-0.2, 0) is 6.42 Å². The highest BCUT2D eigenvalue weighted by atomic mass is 14.3. The molecule has 0 spiro atoms. The Labute approximate surface area is 113 Å². The average Bonchev–Trinajstić information content (AvgIpc) is 2.46. The highest BCUT2D eigenvalue weighted by Gasteiger charge is 2.21. The molecule has 100 valence electrons. The number of hydrogen-bond donors (Lipinski definition) is 0. The number of rotatable bonds is 5. The van der Waals surface area contributed by atoms with E-state index in [0.29, 0.717) is 0 Å². The van der Waals surface area contributed by atoms with Crippen molar-refractivity contribution in [3.63, 3.8) is 0 Å². The van der Waals surface area contributed by atoms with Gasteiger partial charge >= 0.3 is 0 Å². The number of aryl methyl sites for hydroxylation is 1. The SMILES string of the molecule is CCCC[C@H]1CC[C@H](c2ccc(CC)cc2)CC1. The molecule has 0 radical (unpaired) electrons. The maximum atomic E-state index is 2.37. The minimum absolute atomic E-state index is 0.841. The monoisotopic (exact) mass is 244 g/mol. The fraction of sp³-hybridized carbons (Fsp3) is 0.667. The van der Waals surface area contributed by atoms with E-state index in [1.807, 2.05) is 0 Å². The van der Waals surface area contributed by atoms with Crippen LogP contribution in [0.3, 0.4) is 0 Å². The van der Waals surface area contributed by atoms with Gasteiger partial charge in [0.05, 0.1) is 0 Å². The Morgan fingerprint density at radius 2 is 1.61 bits per heavy atom. The summed E-state index contributed by atoms with van der Waals surface area (Å²) >= 11 is 0. The van der Waals surface area contributed by atoms with E-state index in [1.54, 1.807) is 5.56 Å². The molecule has 0 N–H and O–H groups in total. The second-order valence-electron chi connectivity index (χ2n) is 5.96. The van der Waals surface area contributed by atoms with Crippen LogP contribution in [0.1, 0.15) is 75.8 Å². The van der Waals surface area contributed by atoms with Crippen molar-refractivity contribution in [2.75, 3.05) is 0 Å². The lowest BCUT2D eigenvalue weighted by Gasteiger charge is -2.28. The molecule has 0 heteroatoms. The highest BCUT2D eigenvalue weighted by Crippen LogP contribution is 2.37. The van der Waals surface area contributed by atoms with E-state index in [2.05, 4.69) is 38.1 Å². The molecule has 0 heterocycles. The van der Waals surface area contributed by atoms with Gasteiger partial charge in [-0.3, -0.25) is 0 Å². The largest absolute Gasteiger partial charge is 0.0654 e. The van der Waals surface area contributed by atoms with Crippen LogP contribution in [0, 0.1) is 5.92 Å². The van der Waals surface area contributed by atoms with Crippen LogP contribution >= 0.6 is 0 Å². The van der Waals surface area contributed by atoms with Gasteiger partial charge in [-0.05, 0) is 55.1 Å². The van der Waals surface area contributed by atoms with Crippen molar-refractivity contribution >= 4 is 0 Å². The summed E-state index contributed by atoms with van der Waals surface area (Å²) in [5.74, 6) is 1.87. The summed E-state index contributed by atoms with van der Waals surface area (Å²) in [6, 6.07) is 9.38. The maximum absolute atomic E-state index is 2.37. The van der Waals surface area contributed by atoms with Crippen molar-refractivity contribution in [2.24, 2.45) is 5.92 Å². The molecule has 0 aromatic heterocycles. The fourth-order valence-corrected chi connectivity index (χ4v) is 3.30. The van der Waals surface area contributed by atoms with Gasteiger partial charge in [0.1, 0.15) is 0 Å². The summed E-state index contributed by atoms with van der Waals surface area (Å²) in [5.41, 5.74) is 3.05. The molecule has 0 amide bonds. The van der Waals surface area contributed by atoms with Crippen molar-refractivity contribution in [2.45, 2.75) is 71.1 Å². The van der Waals surface area contributed by atoms with Crippen LogP contribution in [-0.4, -0.2) is 0 Å². The lowest BCUT2D eigenvalue weighted by atomic mass is 9.77. The third-order valence-electron chi connectivity index (χ3n) is 4.67. The Balaban J connectivity index is 1.84. The molecule has 0 unspecified atom stereocenters. The molecular weight excluding hydrogens is 216 g/mol. The topological polar surface area (TPSA) is 0 Å². The third kappa shape index (κ3) is 3.60. The van der Waals surface area contributed by atoms with E-state index >= 15 is 0 Å². The van der Waals surface area contributed by atoms with E-state index in [0.717, 1.165) is 18.3 Å². The van der Waals surface area contributed by atoms with Crippen LogP contribution in [0.15, 0.2) is 24.3 Å². The molecule has 0 atom stereocenters. The smallest absolute Gasteiger partial charge is 0.0162 e. The van der Waals surface area contributed by atoms with Gasteiger partial charge in [0.2, 0.25) is 0 Å². The first-order valence-corrected chi connectivity index (χ1v) is 7.92. The second kappa shape index (κ2) is 6.97. The van der Waals surface area contributed by atoms with E-state index < -0.39 is 0 Å². The van der Waals surface area contributed by atoms with Gasteiger partial charge in [-0.1, -0.05) is 57.4 Å². The fourth-order valence-electron chi connectivity index (χ4n) is 3.30. The Morgan fingerprint density at radius 1 is 0.944 bits per heavy atom. The summed E-state index contributed by atoms with van der Waals surface area (Å²) in [6.07, 6.45) is 11.2. The van der Waals surface area contributed by atoms with Gasteiger partial charge in [-0.25, -0.2) is 0 Å². The van der Waals surface area contributed by atoms with Crippen LogP contribution in [0.4, 0.5) is 0 Å². The third-order valence-corrected chi connectivity index (χ3v) is 4.67. The Kier molecular flexibility index (Phi) is 5.28. The zero-order chi connectivity index (χ0) is 12.8. The van der Waals surface area contributed by atoms with Gasteiger partial charge in [0, 0.05) is 0 Å². The molecule has 1 aliphatic carbocycles. The van der Waals surface area contributed by atoms with Crippen LogP contribution < -0.4 is 0 Å². The first-order valence-electron chi connectivity index (χ1n) is 7.92. The molecule has 18 heavy (non-hydrogen) atoms. The van der Waals surface area contributed by atoms with Crippen molar-refractivity contribution in [1.82, 2.24) is 0 Å². The standard InChI is InChI=1S/C18H28/c1-3-5-6-16-9-13-18(14-10-16)17-11-7-15(4-2)8-12-17/h7-8,11-12,16,18H,3-6,9-10,13-14H2,1-2H3/t16-,18-. The van der Waals surface area contributed by atoms with Gasteiger partial charge in [0.15, 0.2) is 0 Å². The predicted octanol–water partition coefficient (Wildman–Crippen LogP) is 5.71. The quantitative estimate of drug-likeness (QED) is 0.622. The van der Waals surface area contributed by atoms with Crippen LogP contribution in [0.5, 0.6) is 0 Å². The lowest BCUT2D eigenvalue weighted by molar-refractivity contribution is 0.304. The Hall–Kier alpha value is -0.780. The molecular formula is C18H28. The summed E-state index contributed by atoms with van der Waals surface area (Å²) in [4.78, 5) is 0. The van der Waals surface area contributed by atoms with Crippen molar-refractivity contribution in [1.29, 1.82) is 0 Å². The van der Waals surface area contributed by atoms with Gasteiger partial charge in [-0.15, -0.1) is 0 Å². The maximum Gasteiger partial charge on any atom is -0.0162 e. The minimum Gasteiger partial charge on any atom is -0.0654 e. The molecule has 1 aliphatic rings. The first kappa shape index (κ1) is 13.6. The first-order chi connectivity index (χ1) is 8.83. The normalized spacial score (nSPS) is 24.1. The van der Waals surface area contributed by atoms with Gasteiger partial charge in [0.25, 0.3) is 0 Å². The zero-order valence-corrected chi connectivity index (χ0v) is 12.1. The molecule has 1 fully saturated rings. The summed E-state index contributed by atoms with van der Waals surface area (Å²) in [5, 5.41) is 0. The molecule has 0 aliphatic heterocycles. The summed E-state index contributed by atoms with van der Waals surface area (Å²) in [7, 11) is 0. The number of hydrogen-bond acceptors (Lipinski definition) is 0. The van der Waals surface area contributed by atoms with Crippen LogP contribution in [0.2, 0.25) is 0 Å². The number of unbranched alkanes of at least 4 members (excludes halogenated alkanes) is 1. The second-order valence-corrected chi connectivity index (χ2v) is 5.96. The molecule has 1 aromatic carbocycles. The van der Waals surface area contributed by atoms with E-state index in [-0.39, 0.29) is 0 Å². The van der Waals surface area contributed by atoms with Gasteiger partial charge < -0.3 is 0 Å². The number of benzene rings is 1. The predicted molar refractivity (Wildman–Crippen MR) is 80.0 cm³/mol. The summed E-state index contributed by atoms with van der Waals surface area (Å²) < 4.78 is 0. The molecule has 0 bridgehead atoms. The Morgan fingerprint density at radius 3 is 2.17 bits per heavy atom. The van der Waals surface area contributed by atoms with Crippen molar-refractivity contribution < 1.29 is 0 Å². The average molecular weight is 244 g/mol. The minimum atomic E-state index is 0.841. The molecule has 1 saturated carbocycles. The van der Waals surface area contributed by atoms with E-state index in [4.69, 9.17) is 0 Å². The molecule has 0 nitrogen and oxygen atoms in total. The molecule has 2 rings (SSSR count).